The lowest BCUT2D eigenvalue weighted by atomic mass is 10.3. The molecule has 1 heterocycles. The van der Waals surface area contributed by atoms with Crippen molar-refractivity contribution in [2.45, 2.75) is 25.5 Å². The van der Waals surface area contributed by atoms with Crippen LogP contribution in [-0.4, -0.2) is 39.0 Å². The predicted molar refractivity (Wildman–Crippen MR) is 60.5 cm³/mol. The molecule has 0 aliphatic heterocycles. The van der Waals surface area contributed by atoms with Gasteiger partial charge in [-0.05, 0) is 25.3 Å². The summed E-state index contributed by atoms with van der Waals surface area (Å²) < 4.78 is 1.39. The zero-order valence-corrected chi connectivity index (χ0v) is 9.45. The second-order valence-corrected chi connectivity index (χ2v) is 4.43. The van der Waals surface area contributed by atoms with Crippen molar-refractivity contribution in [2.75, 3.05) is 13.1 Å². The van der Waals surface area contributed by atoms with Crippen LogP contribution in [0.25, 0.3) is 0 Å². The lowest BCUT2D eigenvalue weighted by Gasteiger charge is -2.11. The summed E-state index contributed by atoms with van der Waals surface area (Å²) in [6, 6.07) is 0. The van der Waals surface area contributed by atoms with Gasteiger partial charge < -0.3 is 10.4 Å². The van der Waals surface area contributed by atoms with Crippen molar-refractivity contribution in [2.24, 2.45) is 5.92 Å². The fourth-order valence-corrected chi connectivity index (χ4v) is 1.60. The molecule has 2 rings (SSSR count). The molecule has 17 heavy (non-hydrogen) atoms. The van der Waals surface area contributed by atoms with Crippen LogP contribution in [0.5, 0.6) is 0 Å². The van der Waals surface area contributed by atoms with Gasteiger partial charge in [0, 0.05) is 6.54 Å². The highest BCUT2D eigenvalue weighted by Gasteiger charge is 2.20. The summed E-state index contributed by atoms with van der Waals surface area (Å²) in [7, 11) is 0. The van der Waals surface area contributed by atoms with Gasteiger partial charge >= 0.3 is 5.69 Å². The van der Waals surface area contributed by atoms with Gasteiger partial charge in [-0.1, -0.05) is 0 Å². The van der Waals surface area contributed by atoms with E-state index in [1.54, 1.807) is 0 Å². The van der Waals surface area contributed by atoms with E-state index in [9.17, 15) is 15.2 Å². The van der Waals surface area contributed by atoms with Gasteiger partial charge in [-0.2, -0.15) is 5.10 Å². The number of aliphatic hydroxyl groups is 1. The molecule has 7 nitrogen and oxygen atoms in total. The van der Waals surface area contributed by atoms with E-state index in [1.807, 2.05) is 0 Å². The van der Waals surface area contributed by atoms with Gasteiger partial charge in [-0.15, -0.1) is 0 Å². The van der Waals surface area contributed by atoms with Crippen molar-refractivity contribution in [3.05, 3.63) is 22.5 Å². The van der Waals surface area contributed by atoms with E-state index < -0.39 is 11.0 Å². The fraction of sp³-hybridized carbons (Fsp3) is 0.700. The molecule has 0 bridgehead atoms. The molecule has 1 aliphatic carbocycles. The lowest BCUT2D eigenvalue weighted by Crippen LogP contribution is -2.31. The number of nitrogens with zero attached hydrogens (tertiary/aromatic N) is 3. The molecule has 1 saturated carbocycles. The Balaban J connectivity index is 1.71. The van der Waals surface area contributed by atoms with Crippen LogP contribution in [0.2, 0.25) is 0 Å². The van der Waals surface area contributed by atoms with E-state index in [0.717, 1.165) is 12.5 Å². The Bertz CT molecular complexity index is 389. The summed E-state index contributed by atoms with van der Waals surface area (Å²) in [5, 5.41) is 27.1. The maximum absolute atomic E-state index is 10.4. The molecule has 7 heteroatoms. The molecule has 1 aromatic heterocycles. The molecule has 1 aromatic rings. The summed E-state index contributed by atoms with van der Waals surface area (Å²) in [6.45, 7) is 1.70. The van der Waals surface area contributed by atoms with E-state index in [2.05, 4.69) is 10.4 Å². The van der Waals surface area contributed by atoms with Crippen molar-refractivity contribution in [3.8, 4) is 0 Å². The van der Waals surface area contributed by atoms with Gasteiger partial charge in [0.15, 0.2) is 0 Å². The fourth-order valence-electron chi connectivity index (χ4n) is 1.60. The third-order valence-corrected chi connectivity index (χ3v) is 2.74. The number of aliphatic hydroxyl groups excluding tert-OH is 1. The Morgan fingerprint density at radius 3 is 3.06 bits per heavy atom. The molecule has 0 spiro atoms. The van der Waals surface area contributed by atoms with Gasteiger partial charge in [-0.25, -0.2) is 0 Å². The van der Waals surface area contributed by atoms with E-state index in [-0.39, 0.29) is 12.2 Å². The average Bonchev–Trinajstić information content (AvgIpc) is 2.96. The number of nitrogens with one attached hydrogen (secondary N) is 1. The van der Waals surface area contributed by atoms with Gasteiger partial charge in [0.25, 0.3) is 0 Å². The minimum atomic E-state index is -0.576. The van der Waals surface area contributed by atoms with Crippen LogP contribution in [-0.2, 0) is 6.54 Å². The highest BCUT2D eigenvalue weighted by atomic mass is 16.6. The molecule has 1 aliphatic rings. The van der Waals surface area contributed by atoms with Gasteiger partial charge in [0.2, 0.25) is 0 Å². The highest BCUT2D eigenvalue weighted by Crippen LogP contribution is 2.27. The maximum atomic E-state index is 10.4. The lowest BCUT2D eigenvalue weighted by molar-refractivity contribution is -0.385. The van der Waals surface area contributed by atoms with Crippen molar-refractivity contribution in [3.63, 3.8) is 0 Å². The number of aromatic nitrogens is 2. The van der Waals surface area contributed by atoms with Crippen LogP contribution in [0.1, 0.15) is 12.8 Å². The van der Waals surface area contributed by atoms with Crippen LogP contribution in [0, 0.1) is 16.0 Å². The number of hydrogen-bond acceptors (Lipinski definition) is 5. The zero-order chi connectivity index (χ0) is 12.3. The monoisotopic (exact) mass is 240 g/mol. The van der Waals surface area contributed by atoms with E-state index >= 15 is 0 Å². The van der Waals surface area contributed by atoms with Crippen LogP contribution in [0.15, 0.2) is 12.4 Å². The highest BCUT2D eigenvalue weighted by molar-refractivity contribution is 5.20. The quantitative estimate of drug-likeness (QED) is 0.522. The first-order valence-electron chi connectivity index (χ1n) is 5.71. The van der Waals surface area contributed by atoms with Crippen molar-refractivity contribution in [1.82, 2.24) is 15.1 Å². The van der Waals surface area contributed by atoms with Crippen molar-refractivity contribution >= 4 is 5.69 Å². The van der Waals surface area contributed by atoms with Crippen LogP contribution in [0.4, 0.5) is 5.69 Å². The second-order valence-electron chi connectivity index (χ2n) is 4.43. The number of nitro groups is 1. The van der Waals surface area contributed by atoms with Crippen molar-refractivity contribution < 1.29 is 10.0 Å². The van der Waals surface area contributed by atoms with Gasteiger partial charge in [-0.3, -0.25) is 14.8 Å². The maximum Gasteiger partial charge on any atom is 0.306 e. The molecular formula is C10H16N4O3. The first kappa shape index (κ1) is 12.0. The largest absolute Gasteiger partial charge is 0.390 e. The summed E-state index contributed by atoms with van der Waals surface area (Å²) >= 11 is 0. The topological polar surface area (TPSA) is 93.2 Å². The molecule has 0 radical (unpaired) electrons. The normalized spacial score (nSPS) is 17.0. The third kappa shape index (κ3) is 3.79. The second kappa shape index (κ2) is 5.24. The molecule has 1 atom stereocenters. The molecule has 94 valence electrons. The first-order chi connectivity index (χ1) is 8.15. The number of hydrogen-bond donors (Lipinski definition) is 2. The van der Waals surface area contributed by atoms with Crippen LogP contribution >= 0.6 is 0 Å². The molecule has 0 saturated heterocycles. The van der Waals surface area contributed by atoms with Crippen LogP contribution < -0.4 is 5.32 Å². The predicted octanol–water partition coefficient (Wildman–Crippen LogP) is 0.152. The molecule has 1 fully saturated rings. The van der Waals surface area contributed by atoms with Gasteiger partial charge in [0.05, 0.1) is 17.6 Å². The molecule has 2 N–H and O–H groups in total. The average molecular weight is 240 g/mol. The molecular weight excluding hydrogens is 224 g/mol. The van der Waals surface area contributed by atoms with E-state index in [0.29, 0.717) is 6.54 Å². The van der Waals surface area contributed by atoms with E-state index in [1.165, 1.54) is 29.9 Å². The first-order valence-corrected chi connectivity index (χ1v) is 5.71. The van der Waals surface area contributed by atoms with E-state index in [4.69, 9.17) is 0 Å². The smallest absolute Gasteiger partial charge is 0.306 e. The molecule has 0 amide bonds. The Morgan fingerprint density at radius 2 is 2.47 bits per heavy atom. The Morgan fingerprint density at radius 1 is 1.71 bits per heavy atom. The summed E-state index contributed by atoms with van der Waals surface area (Å²) in [4.78, 5) is 9.93. The summed E-state index contributed by atoms with van der Waals surface area (Å²) in [5.74, 6) is 0.771. The molecule has 1 unspecified atom stereocenters. The summed E-state index contributed by atoms with van der Waals surface area (Å²) in [5.41, 5.74) is -0.0526. The van der Waals surface area contributed by atoms with Gasteiger partial charge in [0.1, 0.15) is 12.4 Å². The summed E-state index contributed by atoms with van der Waals surface area (Å²) in [6.07, 6.45) is 4.48. The standard InChI is InChI=1S/C10H16N4O3/c15-10(5-11-3-8-1-2-8)7-13-6-9(4-12-13)14(16)17/h4,6,8,10-11,15H,1-3,5,7H2. The zero-order valence-electron chi connectivity index (χ0n) is 9.45. The van der Waals surface area contributed by atoms with Crippen molar-refractivity contribution in [1.29, 1.82) is 0 Å². The van der Waals surface area contributed by atoms with Crippen LogP contribution in [0.3, 0.4) is 0 Å². The third-order valence-electron chi connectivity index (χ3n) is 2.74. The Hall–Kier alpha value is -1.47. The molecule has 0 aromatic carbocycles. The Labute approximate surface area is 98.6 Å². The SMILES string of the molecule is O=[N+]([O-])c1cnn(CC(O)CNCC2CC2)c1. The minimum absolute atomic E-state index is 0.0526. The number of rotatable bonds is 7. The minimum Gasteiger partial charge on any atom is -0.390 e. The Kier molecular flexibility index (Phi) is 3.70.